The summed E-state index contributed by atoms with van der Waals surface area (Å²) in [6.07, 6.45) is 11.6. The van der Waals surface area contributed by atoms with Crippen LogP contribution in [0.4, 0.5) is 0 Å². The first kappa shape index (κ1) is 16.2. The molecular weight excluding hydrogens is 340 g/mol. The van der Waals surface area contributed by atoms with Crippen molar-refractivity contribution < 1.29 is 4.74 Å². The molecule has 0 spiro atoms. The molecule has 1 saturated carbocycles. The zero-order chi connectivity index (χ0) is 18.4. The first-order valence-electron chi connectivity index (χ1n) is 9.47. The molecule has 0 N–H and O–H groups in total. The van der Waals surface area contributed by atoms with E-state index in [1.165, 1.54) is 38.4 Å². The molecule has 5 rings (SSSR count). The van der Waals surface area contributed by atoms with E-state index in [1.807, 2.05) is 18.5 Å². The van der Waals surface area contributed by atoms with E-state index >= 15 is 0 Å². The third-order valence-electron chi connectivity index (χ3n) is 5.59. The number of aryl methyl sites for hydroxylation is 1. The zero-order valence-corrected chi connectivity index (χ0v) is 15.6. The predicted molar refractivity (Wildman–Crippen MR) is 103 cm³/mol. The number of ether oxygens (including phenoxy) is 1. The summed E-state index contributed by atoms with van der Waals surface area (Å²) in [4.78, 5) is 13.6. The van der Waals surface area contributed by atoms with E-state index in [9.17, 15) is 0 Å². The minimum atomic E-state index is 0.518. The zero-order valence-electron chi connectivity index (χ0n) is 15.6. The summed E-state index contributed by atoms with van der Waals surface area (Å²) in [5, 5.41) is 4.28. The van der Waals surface area contributed by atoms with Crippen LogP contribution in [-0.4, -0.2) is 36.2 Å². The van der Waals surface area contributed by atoms with Gasteiger partial charge < -0.3 is 9.30 Å². The first-order valence-corrected chi connectivity index (χ1v) is 9.47. The fourth-order valence-corrected chi connectivity index (χ4v) is 4.35. The lowest BCUT2D eigenvalue weighted by atomic mass is 9.95. The molecule has 0 aliphatic heterocycles. The number of pyridine rings is 1. The summed E-state index contributed by atoms with van der Waals surface area (Å²) < 4.78 is 9.62. The molecule has 1 aliphatic rings. The monoisotopic (exact) mass is 362 g/mol. The molecule has 4 aromatic rings. The molecule has 7 nitrogen and oxygen atoms in total. The Bertz CT molecular complexity index is 1120. The molecule has 0 bridgehead atoms. The molecule has 138 valence electrons. The first-order chi connectivity index (χ1) is 13.3. The van der Waals surface area contributed by atoms with Crippen LogP contribution in [0.1, 0.15) is 44.0 Å². The van der Waals surface area contributed by atoms with Gasteiger partial charge in [-0.25, -0.2) is 14.5 Å². The molecule has 0 saturated heterocycles. The third-order valence-corrected chi connectivity index (χ3v) is 5.59. The van der Waals surface area contributed by atoms with E-state index in [4.69, 9.17) is 9.72 Å². The quantitative estimate of drug-likeness (QED) is 0.552. The van der Waals surface area contributed by atoms with Crippen LogP contribution in [0, 0.1) is 6.92 Å². The van der Waals surface area contributed by atoms with E-state index in [1.54, 1.807) is 11.6 Å². The summed E-state index contributed by atoms with van der Waals surface area (Å²) in [5.41, 5.74) is 4.80. The Hall–Kier alpha value is -2.96. The third kappa shape index (κ3) is 2.57. The molecule has 4 aromatic heterocycles. The number of fused-ring (bicyclic) bond motifs is 2. The van der Waals surface area contributed by atoms with Gasteiger partial charge in [0.15, 0.2) is 5.65 Å². The van der Waals surface area contributed by atoms with Gasteiger partial charge in [-0.1, -0.05) is 19.3 Å². The van der Waals surface area contributed by atoms with Gasteiger partial charge in [-0.3, -0.25) is 0 Å². The highest BCUT2D eigenvalue weighted by atomic mass is 16.5. The second-order valence-electron chi connectivity index (χ2n) is 7.18. The summed E-state index contributed by atoms with van der Waals surface area (Å²) in [5.74, 6) is 1.60. The minimum Gasteiger partial charge on any atom is -0.479 e. The number of rotatable bonds is 3. The van der Waals surface area contributed by atoms with E-state index in [2.05, 4.69) is 32.6 Å². The van der Waals surface area contributed by atoms with Crippen molar-refractivity contribution in [3.8, 4) is 17.0 Å². The SMILES string of the molecule is COc1ncnn2ccc(-c3cnc4nc(C)n(C5CCCCC5)c4c3)c12. The standard InChI is InChI=1S/C20H22N6O/c1-13-24-19-17(26(13)15-6-4-3-5-7-15)10-14(11-21-19)16-8-9-25-18(16)20(27-2)22-12-23-25/h8-12,15H,3-7H2,1-2H3. The Labute approximate surface area is 157 Å². The molecule has 0 aromatic carbocycles. The lowest BCUT2D eigenvalue weighted by Crippen LogP contribution is -2.14. The largest absolute Gasteiger partial charge is 0.479 e. The molecule has 0 amide bonds. The maximum Gasteiger partial charge on any atom is 0.241 e. The second kappa shape index (κ2) is 6.33. The Morgan fingerprint density at radius 3 is 2.81 bits per heavy atom. The molecular formula is C20H22N6O. The average molecular weight is 362 g/mol. The Balaban J connectivity index is 1.69. The van der Waals surface area contributed by atoms with Gasteiger partial charge in [0.05, 0.1) is 12.6 Å². The summed E-state index contributed by atoms with van der Waals surface area (Å²) in [6, 6.07) is 4.74. The number of methoxy groups -OCH3 is 1. The highest BCUT2D eigenvalue weighted by Gasteiger charge is 2.21. The van der Waals surface area contributed by atoms with Crippen molar-refractivity contribution in [2.24, 2.45) is 0 Å². The summed E-state index contributed by atoms with van der Waals surface area (Å²) in [6.45, 7) is 2.08. The lowest BCUT2D eigenvalue weighted by Gasteiger charge is -2.24. The van der Waals surface area contributed by atoms with Crippen LogP contribution in [0.5, 0.6) is 5.88 Å². The number of hydrogen-bond acceptors (Lipinski definition) is 5. The van der Waals surface area contributed by atoms with Crippen molar-refractivity contribution in [2.45, 2.75) is 45.1 Å². The molecule has 0 atom stereocenters. The van der Waals surface area contributed by atoms with Crippen molar-refractivity contribution in [3.05, 3.63) is 36.7 Å². The van der Waals surface area contributed by atoms with E-state index in [0.717, 1.165) is 33.6 Å². The normalized spacial score (nSPS) is 15.6. The summed E-state index contributed by atoms with van der Waals surface area (Å²) >= 11 is 0. The van der Waals surface area contributed by atoms with Crippen LogP contribution < -0.4 is 4.74 Å². The molecule has 27 heavy (non-hydrogen) atoms. The molecule has 0 radical (unpaired) electrons. The van der Waals surface area contributed by atoms with Gasteiger partial charge in [-0.15, -0.1) is 0 Å². The Kier molecular flexibility index (Phi) is 3.81. The molecule has 0 unspecified atom stereocenters. The van der Waals surface area contributed by atoms with E-state index < -0.39 is 0 Å². The highest BCUT2D eigenvalue weighted by Crippen LogP contribution is 2.35. The second-order valence-corrected chi connectivity index (χ2v) is 7.18. The lowest BCUT2D eigenvalue weighted by molar-refractivity contribution is 0.355. The van der Waals surface area contributed by atoms with Crippen LogP contribution in [0.2, 0.25) is 0 Å². The van der Waals surface area contributed by atoms with Crippen LogP contribution in [-0.2, 0) is 0 Å². The van der Waals surface area contributed by atoms with Crippen molar-refractivity contribution >= 4 is 16.7 Å². The predicted octanol–water partition coefficient (Wildman–Crippen LogP) is 3.96. The van der Waals surface area contributed by atoms with Crippen LogP contribution in [0.25, 0.3) is 27.8 Å². The van der Waals surface area contributed by atoms with Gasteiger partial charge in [-0.05, 0) is 31.9 Å². The maximum absolute atomic E-state index is 5.45. The van der Waals surface area contributed by atoms with Gasteiger partial charge >= 0.3 is 0 Å². The van der Waals surface area contributed by atoms with Gasteiger partial charge in [0, 0.05) is 29.6 Å². The van der Waals surface area contributed by atoms with Crippen molar-refractivity contribution in [2.75, 3.05) is 7.11 Å². The van der Waals surface area contributed by atoms with Gasteiger partial charge in [0.2, 0.25) is 5.88 Å². The molecule has 1 fully saturated rings. The molecule has 7 heteroatoms. The van der Waals surface area contributed by atoms with Crippen LogP contribution in [0.3, 0.4) is 0 Å². The fourth-order valence-electron chi connectivity index (χ4n) is 4.35. The highest BCUT2D eigenvalue weighted by molar-refractivity contribution is 5.87. The molecule has 4 heterocycles. The Morgan fingerprint density at radius 2 is 2.00 bits per heavy atom. The Morgan fingerprint density at radius 1 is 1.15 bits per heavy atom. The van der Waals surface area contributed by atoms with Crippen molar-refractivity contribution in [1.82, 2.24) is 29.1 Å². The van der Waals surface area contributed by atoms with Crippen molar-refractivity contribution in [1.29, 1.82) is 0 Å². The fraction of sp³-hybridized carbons (Fsp3) is 0.400. The summed E-state index contributed by atoms with van der Waals surface area (Å²) in [7, 11) is 1.63. The topological polar surface area (TPSA) is 70.1 Å². The van der Waals surface area contributed by atoms with Crippen molar-refractivity contribution in [3.63, 3.8) is 0 Å². The average Bonchev–Trinajstić information content (AvgIpc) is 3.28. The smallest absolute Gasteiger partial charge is 0.241 e. The van der Waals surface area contributed by atoms with E-state index in [0.29, 0.717) is 11.9 Å². The number of aromatic nitrogens is 6. The van der Waals surface area contributed by atoms with Gasteiger partial charge in [0.1, 0.15) is 17.7 Å². The number of nitrogens with zero attached hydrogens (tertiary/aromatic N) is 6. The van der Waals surface area contributed by atoms with Gasteiger partial charge in [-0.2, -0.15) is 10.1 Å². The molecule has 1 aliphatic carbocycles. The van der Waals surface area contributed by atoms with Crippen LogP contribution >= 0.6 is 0 Å². The van der Waals surface area contributed by atoms with E-state index in [-0.39, 0.29) is 0 Å². The minimum absolute atomic E-state index is 0.518. The van der Waals surface area contributed by atoms with Crippen LogP contribution in [0.15, 0.2) is 30.9 Å². The van der Waals surface area contributed by atoms with Gasteiger partial charge in [0.25, 0.3) is 0 Å². The number of hydrogen-bond donors (Lipinski definition) is 0. The number of imidazole rings is 1. The maximum atomic E-state index is 5.45.